The van der Waals surface area contributed by atoms with E-state index in [2.05, 4.69) is 4.74 Å². The third kappa shape index (κ3) is 3.87. The number of rotatable bonds is 3. The van der Waals surface area contributed by atoms with Gasteiger partial charge in [0.25, 0.3) is 0 Å². The molecular weight excluding hydrogens is 307 g/mol. The summed E-state index contributed by atoms with van der Waals surface area (Å²) in [7, 11) is 1.36. The van der Waals surface area contributed by atoms with Gasteiger partial charge in [0.05, 0.1) is 17.2 Å². The van der Waals surface area contributed by atoms with E-state index in [0.717, 1.165) is 22.3 Å². The molecule has 0 aliphatic heterocycles. The molecule has 21 heavy (non-hydrogen) atoms. The van der Waals surface area contributed by atoms with Crippen LogP contribution in [0.3, 0.4) is 0 Å². The van der Waals surface area contributed by atoms with E-state index >= 15 is 0 Å². The van der Waals surface area contributed by atoms with Crippen LogP contribution < -0.4 is 0 Å². The van der Waals surface area contributed by atoms with E-state index < -0.39 is 0 Å². The van der Waals surface area contributed by atoms with E-state index in [1.807, 2.05) is 43.3 Å². The fraction of sp³-hybridized carbons (Fsp3) is 0.118. The summed E-state index contributed by atoms with van der Waals surface area (Å²) in [6.45, 7) is 1.87. The average molecular weight is 321 g/mol. The number of carbonyl (C=O) groups is 1. The highest BCUT2D eigenvalue weighted by Gasteiger charge is 2.04. The zero-order valence-electron chi connectivity index (χ0n) is 11.7. The molecule has 0 bridgehead atoms. The van der Waals surface area contributed by atoms with Crippen LogP contribution in [0.4, 0.5) is 0 Å². The second kappa shape index (κ2) is 6.79. The van der Waals surface area contributed by atoms with Crippen molar-refractivity contribution in [1.82, 2.24) is 0 Å². The monoisotopic (exact) mass is 320 g/mol. The zero-order chi connectivity index (χ0) is 15.4. The molecule has 0 N–H and O–H groups in total. The Morgan fingerprint density at radius 2 is 1.62 bits per heavy atom. The van der Waals surface area contributed by atoms with Crippen molar-refractivity contribution in [2.24, 2.45) is 0 Å². The molecule has 0 radical (unpaired) electrons. The molecule has 0 aromatic heterocycles. The number of ether oxygens (including phenoxy) is 1. The standard InChI is InChI=1S/C17H14Cl2O2/c1-11(9-17(20)21-2)12-3-5-13(6-4-12)14-7-8-15(18)16(19)10-14/h3-10H,1-2H3/b11-9-. The van der Waals surface area contributed by atoms with Crippen LogP contribution in [-0.4, -0.2) is 13.1 Å². The van der Waals surface area contributed by atoms with Crippen LogP contribution in [0.15, 0.2) is 48.5 Å². The predicted octanol–water partition coefficient (Wildman–Crippen LogP) is 5.24. The number of carbonyl (C=O) groups excluding carboxylic acids is 1. The Hall–Kier alpha value is -1.77. The summed E-state index contributed by atoms with van der Waals surface area (Å²) >= 11 is 11.9. The molecule has 4 heteroatoms. The number of methoxy groups -OCH3 is 1. The van der Waals surface area contributed by atoms with Crippen molar-refractivity contribution >= 4 is 34.7 Å². The Labute approximate surface area is 134 Å². The van der Waals surface area contributed by atoms with Gasteiger partial charge in [0, 0.05) is 6.08 Å². The van der Waals surface area contributed by atoms with Gasteiger partial charge < -0.3 is 4.74 Å². The minimum atomic E-state index is -0.360. The maximum absolute atomic E-state index is 11.2. The lowest BCUT2D eigenvalue weighted by Gasteiger charge is -2.06. The van der Waals surface area contributed by atoms with Crippen molar-refractivity contribution in [2.75, 3.05) is 7.11 Å². The molecule has 0 spiro atoms. The summed E-state index contributed by atoms with van der Waals surface area (Å²) in [5.74, 6) is -0.360. The van der Waals surface area contributed by atoms with Gasteiger partial charge >= 0.3 is 5.97 Å². The molecular formula is C17H14Cl2O2. The van der Waals surface area contributed by atoms with Crippen molar-refractivity contribution in [1.29, 1.82) is 0 Å². The lowest BCUT2D eigenvalue weighted by molar-refractivity contribution is -0.134. The first kappa shape index (κ1) is 15.6. The maximum atomic E-state index is 11.2. The second-order valence-electron chi connectivity index (χ2n) is 4.56. The van der Waals surface area contributed by atoms with Crippen LogP contribution in [0.2, 0.25) is 10.0 Å². The fourth-order valence-electron chi connectivity index (χ4n) is 1.92. The van der Waals surface area contributed by atoms with Crippen LogP contribution in [0, 0.1) is 0 Å². The van der Waals surface area contributed by atoms with Crippen molar-refractivity contribution in [3.8, 4) is 11.1 Å². The summed E-state index contributed by atoms with van der Waals surface area (Å²) in [4.78, 5) is 11.2. The molecule has 2 nitrogen and oxygen atoms in total. The zero-order valence-corrected chi connectivity index (χ0v) is 13.2. The molecule has 0 amide bonds. The Kier molecular flexibility index (Phi) is 5.05. The summed E-state index contributed by atoms with van der Waals surface area (Å²) in [6.07, 6.45) is 1.47. The predicted molar refractivity (Wildman–Crippen MR) is 87.6 cm³/mol. The molecule has 2 aromatic rings. The maximum Gasteiger partial charge on any atom is 0.330 e. The second-order valence-corrected chi connectivity index (χ2v) is 5.37. The number of benzene rings is 2. The van der Waals surface area contributed by atoms with Crippen LogP contribution in [0.1, 0.15) is 12.5 Å². The number of allylic oxidation sites excluding steroid dienone is 1. The smallest absolute Gasteiger partial charge is 0.330 e. The number of esters is 1. The number of hydrogen-bond acceptors (Lipinski definition) is 2. The Morgan fingerprint density at radius 1 is 1.00 bits per heavy atom. The third-order valence-corrected chi connectivity index (χ3v) is 3.87. The first-order valence-corrected chi connectivity index (χ1v) is 7.09. The highest BCUT2D eigenvalue weighted by atomic mass is 35.5. The molecule has 0 unspecified atom stereocenters. The third-order valence-electron chi connectivity index (χ3n) is 3.13. The van der Waals surface area contributed by atoms with Gasteiger partial charge in [-0.3, -0.25) is 0 Å². The molecule has 0 fully saturated rings. The summed E-state index contributed by atoms with van der Waals surface area (Å²) < 4.78 is 4.62. The van der Waals surface area contributed by atoms with E-state index in [0.29, 0.717) is 10.0 Å². The topological polar surface area (TPSA) is 26.3 Å². The minimum Gasteiger partial charge on any atom is -0.466 e. The molecule has 0 aliphatic carbocycles. The minimum absolute atomic E-state index is 0.360. The summed E-state index contributed by atoms with van der Waals surface area (Å²) in [5, 5.41) is 1.06. The van der Waals surface area contributed by atoms with Gasteiger partial charge in [0.15, 0.2) is 0 Å². The molecule has 0 atom stereocenters. The molecule has 0 saturated carbocycles. The Balaban J connectivity index is 2.28. The van der Waals surface area contributed by atoms with Gasteiger partial charge in [0.2, 0.25) is 0 Å². The highest BCUT2D eigenvalue weighted by molar-refractivity contribution is 6.42. The molecule has 2 rings (SSSR count). The number of halogens is 2. The molecule has 108 valence electrons. The molecule has 2 aromatic carbocycles. The van der Waals surface area contributed by atoms with E-state index in [9.17, 15) is 4.79 Å². The van der Waals surface area contributed by atoms with Crippen molar-refractivity contribution < 1.29 is 9.53 Å². The highest BCUT2D eigenvalue weighted by Crippen LogP contribution is 2.29. The Bertz CT molecular complexity index is 688. The van der Waals surface area contributed by atoms with Crippen LogP contribution in [0.25, 0.3) is 16.7 Å². The average Bonchev–Trinajstić information content (AvgIpc) is 2.50. The van der Waals surface area contributed by atoms with E-state index in [-0.39, 0.29) is 5.97 Å². The van der Waals surface area contributed by atoms with Crippen LogP contribution in [-0.2, 0) is 9.53 Å². The van der Waals surface area contributed by atoms with Crippen molar-refractivity contribution in [3.63, 3.8) is 0 Å². The lowest BCUT2D eigenvalue weighted by Crippen LogP contribution is -1.95. The first-order chi connectivity index (χ1) is 10.0. The first-order valence-electron chi connectivity index (χ1n) is 6.33. The number of hydrogen-bond donors (Lipinski definition) is 0. The largest absolute Gasteiger partial charge is 0.466 e. The Morgan fingerprint density at radius 3 is 2.19 bits per heavy atom. The summed E-state index contributed by atoms with van der Waals surface area (Å²) in [5.41, 5.74) is 3.83. The van der Waals surface area contributed by atoms with E-state index in [4.69, 9.17) is 23.2 Å². The van der Waals surface area contributed by atoms with Crippen molar-refractivity contribution in [2.45, 2.75) is 6.92 Å². The van der Waals surface area contributed by atoms with Gasteiger partial charge in [-0.25, -0.2) is 4.79 Å². The quantitative estimate of drug-likeness (QED) is 0.571. The van der Waals surface area contributed by atoms with Gasteiger partial charge in [0.1, 0.15) is 0 Å². The molecule has 0 aliphatic rings. The molecule has 0 saturated heterocycles. The van der Waals surface area contributed by atoms with Gasteiger partial charge in [-0.05, 0) is 41.3 Å². The van der Waals surface area contributed by atoms with Gasteiger partial charge in [-0.15, -0.1) is 0 Å². The van der Waals surface area contributed by atoms with Crippen LogP contribution in [0.5, 0.6) is 0 Å². The normalized spacial score (nSPS) is 11.3. The van der Waals surface area contributed by atoms with Crippen LogP contribution >= 0.6 is 23.2 Å². The SMILES string of the molecule is COC(=O)/C=C(/C)c1ccc(-c2ccc(Cl)c(Cl)c2)cc1. The van der Waals surface area contributed by atoms with Crippen molar-refractivity contribution in [3.05, 3.63) is 64.1 Å². The van der Waals surface area contributed by atoms with Gasteiger partial charge in [-0.2, -0.15) is 0 Å². The van der Waals surface area contributed by atoms with E-state index in [1.54, 1.807) is 6.07 Å². The fourth-order valence-corrected chi connectivity index (χ4v) is 2.22. The van der Waals surface area contributed by atoms with E-state index in [1.165, 1.54) is 13.2 Å². The summed E-state index contributed by atoms with van der Waals surface area (Å²) in [6, 6.07) is 13.4. The molecule has 0 heterocycles. The lowest BCUT2D eigenvalue weighted by atomic mass is 10.0. The van der Waals surface area contributed by atoms with Gasteiger partial charge in [-0.1, -0.05) is 53.5 Å².